The first-order chi connectivity index (χ1) is 11.5. The summed E-state index contributed by atoms with van der Waals surface area (Å²) in [5.41, 5.74) is 7.62. The van der Waals surface area contributed by atoms with Gasteiger partial charge in [0, 0.05) is 12.6 Å². The molecule has 136 valence electrons. The number of amides is 1. The Morgan fingerprint density at radius 3 is 2.56 bits per heavy atom. The van der Waals surface area contributed by atoms with Crippen molar-refractivity contribution in [2.24, 2.45) is 0 Å². The van der Waals surface area contributed by atoms with Crippen LogP contribution in [0.25, 0.3) is 0 Å². The molecule has 0 saturated carbocycles. The van der Waals surface area contributed by atoms with E-state index in [1.54, 1.807) is 0 Å². The van der Waals surface area contributed by atoms with Crippen molar-refractivity contribution in [3.63, 3.8) is 0 Å². The normalized spacial score (nSPS) is 9.88. The van der Waals surface area contributed by atoms with Crippen LogP contribution < -0.4 is 20.5 Å². The topological polar surface area (TPSA) is 73.6 Å². The Bertz CT molecular complexity index is 706. The summed E-state index contributed by atoms with van der Waals surface area (Å²) in [7, 11) is 1.48. The number of halogens is 2. The largest absolute Gasteiger partial charge is 0.496 e. The molecule has 0 unspecified atom stereocenters. The summed E-state index contributed by atoms with van der Waals surface area (Å²) in [6.45, 7) is 3.02. The Morgan fingerprint density at radius 2 is 1.92 bits per heavy atom. The van der Waals surface area contributed by atoms with E-state index < -0.39 is 0 Å². The Labute approximate surface area is 158 Å². The number of aryl methyl sites for hydroxylation is 1. The molecule has 3 N–H and O–H groups in total. The highest BCUT2D eigenvalue weighted by atomic mass is 35.5. The molecule has 2 aromatic carbocycles. The molecule has 0 spiro atoms. The third-order valence-corrected chi connectivity index (χ3v) is 3.79. The molecule has 2 aromatic rings. The molecular formula is C18H22Cl2N2O3. The maximum atomic E-state index is 12.2. The molecule has 25 heavy (non-hydrogen) atoms. The summed E-state index contributed by atoms with van der Waals surface area (Å²) in [6.07, 6.45) is 0.685. The molecule has 0 bridgehead atoms. The number of rotatable bonds is 7. The van der Waals surface area contributed by atoms with Crippen molar-refractivity contribution in [2.75, 3.05) is 26.0 Å². The van der Waals surface area contributed by atoms with Crippen molar-refractivity contribution < 1.29 is 14.3 Å². The van der Waals surface area contributed by atoms with Gasteiger partial charge in [-0.3, -0.25) is 4.79 Å². The number of anilines is 1. The Balaban J connectivity index is 0.00000312. The minimum atomic E-state index is -0.260. The van der Waals surface area contributed by atoms with E-state index in [0.717, 1.165) is 5.75 Å². The van der Waals surface area contributed by atoms with Gasteiger partial charge >= 0.3 is 0 Å². The molecular weight excluding hydrogens is 363 g/mol. The van der Waals surface area contributed by atoms with E-state index in [1.807, 2.05) is 31.2 Å². The number of nitrogens with two attached hydrogens (primary N) is 1. The molecule has 0 aliphatic rings. The fourth-order valence-corrected chi connectivity index (χ4v) is 2.27. The van der Waals surface area contributed by atoms with E-state index in [-0.39, 0.29) is 18.3 Å². The van der Waals surface area contributed by atoms with E-state index in [1.165, 1.54) is 24.8 Å². The summed E-state index contributed by atoms with van der Waals surface area (Å²) in [6, 6.07) is 10.9. The highest BCUT2D eigenvalue weighted by molar-refractivity contribution is 6.33. The average molecular weight is 385 g/mol. The number of nitrogens with one attached hydrogen (secondary N) is 1. The molecule has 0 heterocycles. The Kier molecular flexibility index (Phi) is 8.38. The van der Waals surface area contributed by atoms with Gasteiger partial charge in [0.15, 0.2) is 0 Å². The number of methoxy groups -OCH3 is 1. The van der Waals surface area contributed by atoms with Gasteiger partial charge in [-0.25, -0.2) is 0 Å². The van der Waals surface area contributed by atoms with Crippen LogP contribution in [0.3, 0.4) is 0 Å². The highest BCUT2D eigenvalue weighted by Gasteiger charge is 2.14. The smallest absolute Gasteiger partial charge is 0.255 e. The van der Waals surface area contributed by atoms with Crippen LogP contribution in [0.15, 0.2) is 36.4 Å². The van der Waals surface area contributed by atoms with Crippen LogP contribution in [0.2, 0.25) is 5.02 Å². The summed E-state index contributed by atoms with van der Waals surface area (Å²) >= 11 is 5.97. The molecule has 0 atom stereocenters. The van der Waals surface area contributed by atoms with E-state index in [0.29, 0.717) is 41.6 Å². The first kappa shape index (κ1) is 20.9. The van der Waals surface area contributed by atoms with Crippen LogP contribution >= 0.6 is 24.0 Å². The molecule has 5 nitrogen and oxygen atoms in total. The van der Waals surface area contributed by atoms with E-state index >= 15 is 0 Å². The quantitative estimate of drug-likeness (QED) is 0.561. The summed E-state index contributed by atoms with van der Waals surface area (Å²) in [4.78, 5) is 12.2. The Hall–Kier alpha value is -2.11. The molecule has 0 aliphatic heterocycles. The van der Waals surface area contributed by atoms with Crippen molar-refractivity contribution >= 4 is 35.6 Å². The van der Waals surface area contributed by atoms with Crippen LogP contribution in [0.5, 0.6) is 11.5 Å². The predicted octanol–water partition coefficient (Wildman–Crippen LogP) is 3.86. The third-order valence-electron chi connectivity index (χ3n) is 3.46. The SMILES string of the molecule is COc1cc(N)c(Cl)cc1C(=O)NCCCOc1ccc(C)cc1.Cl. The van der Waals surface area contributed by atoms with Crippen LogP contribution in [-0.2, 0) is 0 Å². The van der Waals surface area contributed by atoms with Crippen LogP contribution in [0, 0.1) is 6.92 Å². The zero-order valence-corrected chi connectivity index (χ0v) is 15.7. The highest BCUT2D eigenvalue weighted by Crippen LogP contribution is 2.28. The second-order valence-corrected chi connectivity index (χ2v) is 5.75. The third kappa shape index (κ3) is 6.03. The lowest BCUT2D eigenvalue weighted by Crippen LogP contribution is -2.26. The van der Waals surface area contributed by atoms with Gasteiger partial charge < -0.3 is 20.5 Å². The van der Waals surface area contributed by atoms with Gasteiger partial charge in [-0.2, -0.15) is 0 Å². The van der Waals surface area contributed by atoms with Gasteiger partial charge in [0.25, 0.3) is 5.91 Å². The first-order valence-electron chi connectivity index (χ1n) is 7.62. The molecule has 1 amide bonds. The minimum absolute atomic E-state index is 0. The van der Waals surface area contributed by atoms with E-state index in [4.69, 9.17) is 26.8 Å². The average Bonchev–Trinajstić information content (AvgIpc) is 2.58. The maximum absolute atomic E-state index is 12.2. The molecule has 7 heteroatoms. The Morgan fingerprint density at radius 1 is 1.24 bits per heavy atom. The first-order valence-corrected chi connectivity index (χ1v) is 7.99. The van der Waals surface area contributed by atoms with Gasteiger partial charge in [0.2, 0.25) is 0 Å². The lowest BCUT2D eigenvalue weighted by atomic mass is 10.1. The second kappa shape index (κ2) is 10.0. The number of hydrogen-bond acceptors (Lipinski definition) is 4. The van der Waals surface area contributed by atoms with Gasteiger partial charge in [-0.1, -0.05) is 29.3 Å². The van der Waals surface area contributed by atoms with Crippen molar-refractivity contribution in [3.05, 3.63) is 52.5 Å². The van der Waals surface area contributed by atoms with E-state index in [9.17, 15) is 4.79 Å². The van der Waals surface area contributed by atoms with Gasteiger partial charge in [-0.05, 0) is 31.5 Å². The minimum Gasteiger partial charge on any atom is -0.496 e. The number of ether oxygens (including phenoxy) is 2. The molecule has 0 fully saturated rings. The fraction of sp³-hybridized carbons (Fsp3) is 0.278. The summed E-state index contributed by atoms with van der Waals surface area (Å²) in [5, 5.41) is 3.14. The molecule has 0 saturated heterocycles. The lowest BCUT2D eigenvalue weighted by molar-refractivity contribution is 0.0948. The van der Waals surface area contributed by atoms with Crippen molar-refractivity contribution in [1.29, 1.82) is 0 Å². The van der Waals surface area contributed by atoms with Crippen molar-refractivity contribution in [2.45, 2.75) is 13.3 Å². The second-order valence-electron chi connectivity index (χ2n) is 5.34. The van der Waals surface area contributed by atoms with Crippen LogP contribution in [0.1, 0.15) is 22.3 Å². The predicted molar refractivity (Wildman–Crippen MR) is 103 cm³/mol. The standard InChI is InChI=1S/C18H21ClN2O3.ClH/c1-12-4-6-13(7-5-12)24-9-3-8-21-18(22)14-10-15(19)16(20)11-17(14)23-2;/h4-7,10-11H,3,8-9,20H2,1-2H3,(H,21,22);1H. The fourth-order valence-electron chi connectivity index (χ4n) is 2.11. The number of nitrogen functional groups attached to an aromatic ring is 1. The van der Waals surface area contributed by atoms with Crippen molar-refractivity contribution in [3.8, 4) is 11.5 Å². The zero-order valence-electron chi connectivity index (χ0n) is 14.2. The zero-order chi connectivity index (χ0) is 17.5. The summed E-state index contributed by atoms with van der Waals surface area (Å²) in [5.74, 6) is 0.952. The lowest BCUT2D eigenvalue weighted by Gasteiger charge is -2.11. The monoisotopic (exact) mass is 384 g/mol. The van der Waals surface area contributed by atoms with Crippen LogP contribution in [0.4, 0.5) is 5.69 Å². The number of carbonyl (C=O) groups excluding carboxylic acids is 1. The molecule has 2 rings (SSSR count). The van der Waals surface area contributed by atoms with Crippen LogP contribution in [-0.4, -0.2) is 26.2 Å². The molecule has 0 aliphatic carbocycles. The number of hydrogen-bond donors (Lipinski definition) is 2. The molecule has 0 radical (unpaired) electrons. The number of carbonyl (C=O) groups is 1. The molecule has 0 aromatic heterocycles. The van der Waals surface area contributed by atoms with Crippen molar-refractivity contribution in [1.82, 2.24) is 5.32 Å². The van der Waals surface area contributed by atoms with Gasteiger partial charge in [-0.15, -0.1) is 12.4 Å². The van der Waals surface area contributed by atoms with Gasteiger partial charge in [0.05, 0.1) is 30.0 Å². The van der Waals surface area contributed by atoms with E-state index in [2.05, 4.69) is 5.32 Å². The summed E-state index contributed by atoms with van der Waals surface area (Å²) < 4.78 is 10.8. The number of benzene rings is 2. The maximum Gasteiger partial charge on any atom is 0.255 e. The van der Waals surface area contributed by atoms with Gasteiger partial charge in [0.1, 0.15) is 11.5 Å².